The maximum atomic E-state index is 13.1. The summed E-state index contributed by atoms with van der Waals surface area (Å²) in [5.41, 5.74) is -2.71. The molecule has 14 nitrogen and oxygen atoms in total. The number of ether oxygens (including phenoxy) is 2. The highest BCUT2D eigenvalue weighted by Crippen LogP contribution is 2.37. The Hall–Kier alpha value is -5.31. The first-order valence-electron chi connectivity index (χ1n) is 19.8. The number of rotatable bonds is 8. The molecule has 0 saturated carbocycles. The predicted molar refractivity (Wildman–Crippen MR) is 223 cm³/mol. The van der Waals surface area contributed by atoms with Gasteiger partial charge in [-0.1, -0.05) is 19.0 Å². The normalized spacial score (nSPS) is 14.9. The van der Waals surface area contributed by atoms with Gasteiger partial charge < -0.3 is 18.8 Å². The molecule has 0 unspecified atom stereocenters. The van der Waals surface area contributed by atoms with Crippen LogP contribution < -0.4 is 5.46 Å². The van der Waals surface area contributed by atoms with E-state index >= 15 is 0 Å². The quantitative estimate of drug-likeness (QED) is 0.0706. The van der Waals surface area contributed by atoms with E-state index in [1.807, 2.05) is 27.7 Å². The first-order chi connectivity index (χ1) is 30.6. The Kier molecular flexibility index (Phi) is 19.2. The average molecular weight is 1020 g/mol. The number of alkyl halides is 12. The van der Waals surface area contributed by atoms with E-state index in [0.717, 1.165) is 30.9 Å². The molecule has 1 aliphatic rings. The van der Waals surface area contributed by atoms with Gasteiger partial charge in [0.15, 0.2) is 0 Å². The van der Waals surface area contributed by atoms with Crippen LogP contribution in [0.3, 0.4) is 0 Å². The molecule has 69 heavy (non-hydrogen) atoms. The first kappa shape index (κ1) is 59.8. The number of aryl methyl sites for hydroxylation is 2. The van der Waals surface area contributed by atoms with E-state index in [9.17, 15) is 62.3 Å². The second-order valence-corrected chi connectivity index (χ2v) is 17.8. The first-order valence-corrected chi connectivity index (χ1v) is 20.2. The summed E-state index contributed by atoms with van der Waals surface area (Å²) in [6.07, 6.45) is -15.8. The predicted octanol–water partition coefficient (Wildman–Crippen LogP) is 10.1. The maximum Gasteiger partial charge on any atom is 0.498 e. The Morgan fingerprint density at radius 3 is 1.28 bits per heavy atom. The molecule has 0 amide bonds. The van der Waals surface area contributed by atoms with Gasteiger partial charge in [0.05, 0.1) is 29.7 Å². The van der Waals surface area contributed by atoms with Gasteiger partial charge in [-0.25, -0.2) is 39.9 Å². The molecule has 0 radical (unpaired) electrons. The van der Waals surface area contributed by atoms with Crippen LogP contribution in [0, 0.1) is 0 Å². The summed E-state index contributed by atoms with van der Waals surface area (Å²) in [4.78, 5) is 49.3. The third-order valence-electron chi connectivity index (χ3n) is 8.70. The molecule has 1 fully saturated rings. The zero-order chi connectivity index (χ0) is 52.1. The molecule has 5 heterocycles. The van der Waals surface area contributed by atoms with E-state index < -0.39 is 89.5 Å². The fraction of sp³-hybridized carbons (Fsp3) is 0.561. The molecule has 0 atom stereocenters. The average Bonchev–Trinajstić information content (AvgIpc) is 3.39. The van der Waals surface area contributed by atoms with E-state index in [4.69, 9.17) is 30.4 Å². The molecule has 4 aromatic rings. The van der Waals surface area contributed by atoms with Crippen LogP contribution in [-0.4, -0.2) is 81.3 Å². The second-order valence-electron chi connectivity index (χ2n) is 17.5. The molecule has 0 aromatic carbocycles. The summed E-state index contributed by atoms with van der Waals surface area (Å²) in [5.74, 6) is -6.56. The molecule has 0 spiro atoms. The molecule has 0 bridgehead atoms. The highest BCUT2D eigenvalue weighted by molar-refractivity contribution is 6.61. The number of carbonyl (C=O) groups excluding carboxylic acids is 2. The summed E-state index contributed by atoms with van der Waals surface area (Å²) in [6, 6.07) is 2.33. The Labute approximate surface area is 393 Å². The van der Waals surface area contributed by atoms with Gasteiger partial charge in [-0.15, -0.1) is 0 Å². The van der Waals surface area contributed by atoms with Crippen molar-refractivity contribution < 1.29 is 81.1 Å². The van der Waals surface area contributed by atoms with Crippen molar-refractivity contribution in [1.82, 2.24) is 39.9 Å². The molecular weight excluding hydrogens is 975 g/mol. The topological polar surface area (TPSA) is 174 Å². The van der Waals surface area contributed by atoms with Crippen molar-refractivity contribution in [3.8, 4) is 11.3 Å². The molecule has 28 heteroatoms. The highest BCUT2D eigenvalue weighted by Gasteiger charge is 2.52. The van der Waals surface area contributed by atoms with Crippen molar-refractivity contribution in [3.63, 3.8) is 0 Å². The Morgan fingerprint density at radius 1 is 0.565 bits per heavy atom. The summed E-state index contributed by atoms with van der Waals surface area (Å²) in [5, 5.41) is -0.313. The largest absolute Gasteiger partial charge is 0.498 e. The van der Waals surface area contributed by atoms with Crippen LogP contribution in [-0.2, 0) is 65.9 Å². The highest BCUT2D eigenvalue weighted by atomic mass is 35.5. The lowest BCUT2D eigenvalue weighted by molar-refractivity contribution is -0.155. The van der Waals surface area contributed by atoms with E-state index in [0.29, 0.717) is 5.46 Å². The third-order valence-corrected chi connectivity index (χ3v) is 8.89. The zero-order valence-electron chi connectivity index (χ0n) is 37.8. The standard InChI is InChI=1S/C17H16F6N4O2.C12H14ClF3N2O2.C11H14BF3N2O2.CH4/c1-15(2,3)29-12(28)5-4-10-6-11(27-14(26-10)17(21,22)23)9-7-24-13(25-8-9)16(18,19)20;1-11(2,3)20-9(19)5-4-7-6-8(13)18-10(17-7)12(14,15)16;1-9(2)10(3,4)19-12(18-9)7-5-16-8(17-6-7)11(13,14)15;/h6-8H,4-5H2,1-3H3;6H,4-5H2,1-3H3;5-6H,1-4H3;1H4. The van der Waals surface area contributed by atoms with Crippen LogP contribution >= 0.6 is 11.6 Å². The maximum absolute atomic E-state index is 13.1. The minimum Gasteiger partial charge on any atom is -0.460 e. The minimum absolute atomic E-state index is 0. The Morgan fingerprint density at radius 2 is 0.913 bits per heavy atom. The van der Waals surface area contributed by atoms with Crippen molar-refractivity contribution in [3.05, 3.63) is 76.8 Å². The molecule has 0 aliphatic carbocycles. The van der Waals surface area contributed by atoms with Gasteiger partial charge >= 0.3 is 43.8 Å². The van der Waals surface area contributed by atoms with Crippen LogP contribution in [0.25, 0.3) is 11.3 Å². The summed E-state index contributed by atoms with van der Waals surface area (Å²) < 4.78 is 173. The molecule has 5 rings (SSSR count). The van der Waals surface area contributed by atoms with E-state index in [1.165, 1.54) is 6.07 Å². The SMILES string of the molecule is C.CC(C)(C)OC(=O)CCc1cc(-c2cnc(C(F)(F)F)nc2)nc(C(F)(F)F)n1.CC(C)(C)OC(=O)CCc1cc(Cl)nc(C(F)(F)F)n1.CC1(C)OB(c2cnc(C(F)(F)F)nc2)OC1(C)C. The van der Waals surface area contributed by atoms with Crippen molar-refractivity contribution >= 4 is 36.1 Å². The van der Waals surface area contributed by atoms with Gasteiger partial charge in [-0.2, -0.15) is 52.7 Å². The lowest BCUT2D eigenvalue weighted by Crippen LogP contribution is -2.41. The van der Waals surface area contributed by atoms with Crippen LogP contribution in [0.15, 0.2) is 36.9 Å². The Balaban J connectivity index is 0.000000364. The van der Waals surface area contributed by atoms with Gasteiger partial charge in [0.25, 0.3) is 0 Å². The fourth-order valence-electron chi connectivity index (χ4n) is 5.06. The molecular formula is C41H48BClF12N8O6. The number of hydrogen-bond donors (Lipinski definition) is 0. The number of aromatic nitrogens is 8. The summed E-state index contributed by atoms with van der Waals surface area (Å²) in [6.45, 7) is 17.5. The van der Waals surface area contributed by atoms with Gasteiger partial charge in [0.1, 0.15) is 16.4 Å². The summed E-state index contributed by atoms with van der Waals surface area (Å²) in [7, 11) is -0.757. The lowest BCUT2D eigenvalue weighted by atomic mass is 9.81. The van der Waals surface area contributed by atoms with Crippen molar-refractivity contribution in [2.75, 3.05) is 0 Å². The number of hydrogen-bond acceptors (Lipinski definition) is 14. The van der Waals surface area contributed by atoms with Gasteiger partial charge in [-0.3, -0.25) is 9.59 Å². The number of carbonyl (C=O) groups is 2. The number of esters is 2. The van der Waals surface area contributed by atoms with Crippen LogP contribution in [0.2, 0.25) is 5.15 Å². The van der Waals surface area contributed by atoms with Crippen molar-refractivity contribution in [2.24, 2.45) is 0 Å². The van der Waals surface area contributed by atoms with Crippen LogP contribution in [0.1, 0.15) is 124 Å². The van der Waals surface area contributed by atoms with E-state index in [-0.39, 0.29) is 60.9 Å². The lowest BCUT2D eigenvalue weighted by Gasteiger charge is -2.32. The third kappa shape index (κ3) is 19.2. The van der Waals surface area contributed by atoms with Gasteiger partial charge in [0.2, 0.25) is 23.3 Å². The molecule has 4 aromatic heterocycles. The zero-order valence-corrected chi connectivity index (χ0v) is 38.6. The van der Waals surface area contributed by atoms with Gasteiger partial charge in [-0.05, 0) is 81.4 Å². The van der Waals surface area contributed by atoms with Crippen molar-refractivity contribution in [2.45, 2.75) is 149 Å². The van der Waals surface area contributed by atoms with Crippen molar-refractivity contribution in [1.29, 1.82) is 0 Å². The second kappa shape index (κ2) is 22.2. The van der Waals surface area contributed by atoms with E-state index in [2.05, 4.69) is 39.9 Å². The molecule has 1 saturated heterocycles. The number of nitrogens with zero attached hydrogens (tertiary/aromatic N) is 8. The molecule has 1 aliphatic heterocycles. The Bertz CT molecular complexity index is 2340. The van der Waals surface area contributed by atoms with Crippen LogP contribution in [0.4, 0.5) is 52.7 Å². The molecule has 0 N–H and O–H groups in total. The molecule has 382 valence electrons. The van der Waals surface area contributed by atoms with Gasteiger partial charge in [0, 0.05) is 60.0 Å². The fourth-order valence-corrected chi connectivity index (χ4v) is 5.26. The van der Waals surface area contributed by atoms with Crippen LogP contribution in [0.5, 0.6) is 0 Å². The minimum atomic E-state index is -4.90. The van der Waals surface area contributed by atoms with E-state index in [1.54, 1.807) is 41.5 Å². The summed E-state index contributed by atoms with van der Waals surface area (Å²) >= 11 is 5.51. The monoisotopic (exact) mass is 1020 g/mol. The smallest absolute Gasteiger partial charge is 0.460 e. The number of halogens is 13.